The van der Waals surface area contributed by atoms with Crippen molar-refractivity contribution in [3.63, 3.8) is 0 Å². The number of hydrogen-bond acceptors (Lipinski definition) is 3. The molecule has 1 aromatic rings. The van der Waals surface area contributed by atoms with Crippen LogP contribution in [-0.4, -0.2) is 25.1 Å². The van der Waals surface area contributed by atoms with Crippen LogP contribution in [0.15, 0.2) is 17.1 Å². The highest BCUT2D eigenvalue weighted by Gasteiger charge is 2.20. The van der Waals surface area contributed by atoms with E-state index in [1.165, 1.54) is 0 Å². The van der Waals surface area contributed by atoms with Crippen molar-refractivity contribution in [1.29, 1.82) is 0 Å². The summed E-state index contributed by atoms with van der Waals surface area (Å²) < 4.78 is 5.61. The zero-order valence-electron chi connectivity index (χ0n) is 9.83. The Morgan fingerprint density at radius 2 is 1.94 bits per heavy atom. The van der Waals surface area contributed by atoms with Gasteiger partial charge in [0, 0.05) is 7.05 Å². The Kier molecular flexibility index (Phi) is 2.77. The summed E-state index contributed by atoms with van der Waals surface area (Å²) in [5, 5.41) is 0. The molecule has 0 amide bonds. The number of nitrogens with zero attached hydrogens (tertiary/aromatic N) is 1. The second-order valence-corrected chi connectivity index (χ2v) is 4.11. The van der Waals surface area contributed by atoms with Crippen LogP contribution >= 0.6 is 0 Å². The van der Waals surface area contributed by atoms with E-state index in [1.54, 1.807) is 7.05 Å². The number of ether oxygens (including phenoxy) is 1. The van der Waals surface area contributed by atoms with Crippen LogP contribution in [0.25, 0.3) is 0 Å². The highest BCUT2D eigenvalue weighted by atomic mass is 16.5. The van der Waals surface area contributed by atoms with Gasteiger partial charge in [-0.2, -0.15) is 0 Å². The van der Waals surface area contributed by atoms with Crippen molar-refractivity contribution in [3.05, 3.63) is 28.8 Å². The van der Waals surface area contributed by atoms with Crippen LogP contribution in [0.1, 0.15) is 27.9 Å². The minimum Gasteiger partial charge on any atom is -0.487 e. The molecule has 3 nitrogen and oxygen atoms in total. The number of benzene rings is 1. The van der Waals surface area contributed by atoms with Crippen molar-refractivity contribution in [1.82, 2.24) is 0 Å². The first-order chi connectivity index (χ1) is 7.61. The maximum Gasteiger partial charge on any atom is 0.172 e. The van der Waals surface area contributed by atoms with Crippen LogP contribution in [0.4, 0.5) is 0 Å². The van der Waals surface area contributed by atoms with Gasteiger partial charge in [0.25, 0.3) is 0 Å². The van der Waals surface area contributed by atoms with E-state index in [2.05, 4.69) is 4.99 Å². The molecule has 0 N–H and O–H groups in total. The molecule has 0 radical (unpaired) electrons. The molecule has 0 fully saturated rings. The summed E-state index contributed by atoms with van der Waals surface area (Å²) in [6.07, 6.45) is 0.367. The molecule has 0 spiro atoms. The van der Waals surface area contributed by atoms with E-state index in [9.17, 15) is 4.79 Å². The van der Waals surface area contributed by atoms with Crippen molar-refractivity contribution in [2.75, 3.05) is 13.7 Å². The largest absolute Gasteiger partial charge is 0.487 e. The van der Waals surface area contributed by atoms with Gasteiger partial charge in [-0.15, -0.1) is 0 Å². The van der Waals surface area contributed by atoms with E-state index in [0.717, 1.165) is 16.8 Å². The van der Waals surface area contributed by atoms with Crippen molar-refractivity contribution in [3.8, 4) is 5.75 Å². The molecule has 1 heterocycles. The van der Waals surface area contributed by atoms with Gasteiger partial charge >= 0.3 is 0 Å². The SMILES string of the molecule is CN=C1COc2cc(C)c(C)cc2C(=O)C1. The van der Waals surface area contributed by atoms with Gasteiger partial charge in [-0.3, -0.25) is 9.79 Å². The van der Waals surface area contributed by atoms with Crippen LogP contribution in [0.5, 0.6) is 5.75 Å². The summed E-state index contributed by atoms with van der Waals surface area (Å²) in [5.41, 5.74) is 3.74. The normalized spacial score (nSPS) is 17.9. The fraction of sp³-hybridized carbons (Fsp3) is 0.385. The standard InChI is InChI=1S/C13H15NO2/c1-8-4-11-12(15)6-10(14-3)7-16-13(11)5-9(8)2/h4-5H,6-7H2,1-3H3. The van der Waals surface area contributed by atoms with E-state index < -0.39 is 0 Å². The topological polar surface area (TPSA) is 38.7 Å². The Morgan fingerprint density at radius 1 is 1.25 bits per heavy atom. The first-order valence-corrected chi connectivity index (χ1v) is 5.33. The summed E-state index contributed by atoms with van der Waals surface area (Å²) in [6.45, 7) is 4.43. The molecule has 84 valence electrons. The van der Waals surface area contributed by atoms with E-state index in [1.807, 2.05) is 26.0 Å². The van der Waals surface area contributed by atoms with Crippen LogP contribution in [0.3, 0.4) is 0 Å². The average Bonchev–Trinajstić information content (AvgIpc) is 2.41. The van der Waals surface area contributed by atoms with Gasteiger partial charge < -0.3 is 4.74 Å². The lowest BCUT2D eigenvalue weighted by atomic mass is 10.0. The van der Waals surface area contributed by atoms with Gasteiger partial charge in [0.15, 0.2) is 5.78 Å². The summed E-state index contributed by atoms with van der Waals surface area (Å²) >= 11 is 0. The zero-order chi connectivity index (χ0) is 11.7. The molecule has 16 heavy (non-hydrogen) atoms. The van der Waals surface area contributed by atoms with Gasteiger partial charge in [0.2, 0.25) is 0 Å². The maximum atomic E-state index is 12.0. The van der Waals surface area contributed by atoms with Crippen molar-refractivity contribution < 1.29 is 9.53 Å². The number of carbonyl (C=O) groups excluding carboxylic acids is 1. The molecule has 3 heteroatoms. The third-order valence-electron chi connectivity index (χ3n) is 2.97. The van der Waals surface area contributed by atoms with Crippen LogP contribution in [0.2, 0.25) is 0 Å². The van der Waals surface area contributed by atoms with Gasteiger partial charge in [-0.1, -0.05) is 0 Å². The number of fused-ring (bicyclic) bond motifs is 1. The van der Waals surface area contributed by atoms with E-state index in [4.69, 9.17) is 4.74 Å². The molecule has 1 aliphatic heterocycles. The molecular formula is C13H15NO2. The minimum atomic E-state index is 0.0937. The van der Waals surface area contributed by atoms with Crippen LogP contribution in [-0.2, 0) is 0 Å². The molecule has 0 unspecified atom stereocenters. The monoisotopic (exact) mass is 217 g/mol. The molecule has 0 saturated carbocycles. The van der Waals surface area contributed by atoms with Gasteiger partial charge in [0.05, 0.1) is 17.7 Å². The van der Waals surface area contributed by atoms with Crippen molar-refractivity contribution in [2.24, 2.45) is 4.99 Å². The lowest BCUT2D eigenvalue weighted by molar-refractivity contribution is 0.100. The number of ketones is 1. The predicted octanol–water partition coefficient (Wildman–Crippen LogP) is 2.34. The van der Waals surface area contributed by atoms with Crippen LogP contribution < -0.4 is 4.74 Å². The Morgan fingerprint density at radius 3 is 2.62 bits per heavy atom. The number of aryl methyl sites for hydroxylation is 2. The maximum absolute atomic E-state index is 12.0. The van der Waals surface area contributed by atoms with Crippen molar-refractivity contribution in [2.45, 2.75) is 20.3 Å². The summed E-state index contributed by atoms with van der Waals surface area (Å²) in [4.78, 5) is 16.0. The molecular weight excluding hydrogens is 202 g/mol. The fourth-order valence-electron chi connectivity index (χ4n) is 1.76. The van der Waals surface area contributed by atoms with Crippen LogP contribution in [0, 0.1) is 13.8 Å². The third-order valence-corrected chi connectivity index (χ3v) is 2.97. The number of Topliss-reactive ketones (excluding diaryl/α,β-unsaturated/α-hetero) is 1. The van der Waals surface area contributed by atoms with E-state index >= 15 is 0 Å². The second-order valence-electron chi connectivity index (χ2n) is 4.11. The molecule has 1 aliphatic rings. The summed E-state index contributed by atoms with van der Waals surface area (Å²) in [5.74, 6) is 0.781. The van der Waals surface area contributed by atoms with E-state index in [-0.39, 0.29) is 5.78 Å². The number of carbonyl (C=O) groups is 1. The number of rotatable bonds is 0. The highest BCUT2D eigenvalue weighted by Crippen LogP contribution is 2.26. The van der Waals surface area contributed by atoms with E-state index in [0.29, 0.717) is 24.3 Å². The molecule has 0 bridgehead atoms. The summed E-state index contributed by atoms with van der Waals surface area (Å²) in [7, 11) is 1.69. The molecule has 2 rings (SSSR count). The first-order valence-electron chi connectivity index (χ1n) is 5.33. The third kappa shape index (κ3) is 1.85. The molecule has 0 aromatic heterocycles. The quantitative estimate of drug-likeness (QED) is 0.669. The summed E-state index contributed by atoms with van der Waals surface area (Å²) in [6, 6.07) is 3.84. The average molecular weight is 217 g/mol. The molecule has 0 atom stereocenters. The smallest absolute Gasteiger partial charge is 0.172 e. The fourth-order valence-corrected chi connectivity index (χ4v) is 1.76. The Balaban J connectivity index is 2.49. The molecule has 1 aromatic carbocycles. The first kappa shape index (κ1) is 10.9. The van der Waals surface area contributed by atoms with Gasteiger partial charge in [-0.05, 0) is 37.1 Å². The zero-order valence-corrected chi connectivity index (χ0v) is 9.83. The van der Waals surface area contributed by atoms with Crippen molar-refractivity contribution >= 4 is 11.5 Å². The minimum absolute atomic E-state index is 0.0937. The van der Waals surface area contributed by atoms with Gasteiger partial charge in [-0.25, -0.2) is 0 Å². The Hall–Kier alpha value is -1.64. The molecule has 0 aliphatic carbocycles. The molecule has 0 saturated heterocycles. The lowest BCUT2D eigenvalue weighted by Crippen LogP contribution is -2.11. The lowest BCUT2D eigenvalue weighted by Gasteiger charge is -2.08. The second kappa shape index (κ2) is 4.08. The number of aliphatic imine (C=N–C) groups is 1. The number of hydrogen-bond donors (Lipinski definition) is 0. The highest BCUT2D eigenvalue weighted by molar-refractivity contribution is 6.12. The Labute approximate surface area is 95.2 Å². The Bertz CT molecular complexity index is 475. The predicted molar refractivity (Wildman–Crippen MR) is 63.7 cm³/mol. The van der Waals surface area contributed by atoms with Gasteiger partial charge in [0.1, 0.15) is 12.4 Å².